The number of aliphatic hydroxyl groups is 1. The smallest absolute Gasteiger partial charge is 0.327 e. The maximum atomic E-state index is 12.9. The molecule has 1 aromatic carbocycles. The van der Waals surface area contributed by atoms with Gasteiger partial charge in [0.1, 0.15) is 24.2 Å². The predicted molar refractivity (Wildman–Crippen MR) is 119 cm³/mol. The van der Waals surface area contributed by atoms with E-state index in [1.54, 1.807) is 30.3 Å². The maximum absolute atomic E-state index is 12.9. The highest BCUT2D eigenvalue weighted by molar-refractivity contribution is 7.80. The molecule has 0 bridgehead atoms. The van der Waals surface area contributed by atoms with Crippen molar-refractivity contribution < 1.29 is 39.3 Å². The first-order chi connectivity index (χ1) is 15.6. The number of carboxylic acids is 2. The summed E-state index contributed by atoms with van der Waals surface area (Å²) >= 11 is 3.89. The van der Waals surface area contributed by atoms with E-state index < -0.39 is 66.9 Å². The van der Waals surface area contributed by atoms with E-state index in [0.29, 0.717) is 5.56 Å². The normalized spacial score (nSPS) is 14.3. The van der Waals surface area contributed by atoms with Gasteiger partial charge in [-0.05, 0) is 12.0 Å². The Morgan fingerprint density at radius 3 is 1.94 bits per heavy atom. The zero-order valence-electron chi connectivity index (χ0n) is 17.6. The molecule has 0 saturated carbocycles. The van der Waals surface area contributed by atoms with Gasteiger partial charge in [-0.2, -0.15) is 12.6 Å². The predicted octanol–water partition coefficient (Wildman–Crippen LogP) is -2.12. The van der Waals surface area contributed by atoms with Crippen LogP contribution in [0, 0.1) is 0 Å². The van der Waals surface area contributed by atoms with Gasteiger partial charge in [0.2, 0.25) is 17.7 Å². The average molecular weight is 485 g/mol. The molecule has 1 rings (SSSR count). The quantitative estimate of drug-likeness (QED) is 0.136. The molecule has 33 heavy (non-hydrogen) atoms. The molecule has 0 aliphatic carbocycles. The Morgan fingerprint density at radius 1 is 0.879 bits per heavy atom. The van der Waals surface area contributed by atoms with Gasteiger partial charge in [-0.3, -0.25) is 19.2 Å². The van der Waals surface area contributed by atoms with Gasteiger partial charge in [-0.1, -0.05) is 30.3 Å². The third kappa shape index (κ3) is 9.89. The molecule has 0 fully saturated rings. The van der Waals surface area contributed by atoms with Crippen molar-refractivity contribution in [2.45, 2.75) is 43.4 Å². The molecule has 0 saturated heterocycles. The van der Waals surface area contributed by atoms with Crippen molar-refractivity contribution in [2.75, 3.05) is 12.4 Å². The van der Waals surface area contributed by atoms with Crippen molar-refractivity contribution in [3.8, 4) is 0 Å². The number of carboxylic acid groups (broad SMARTS) is 2. The number of carbonyl (C=O) groups is 5. The molecule has 4 unspecified atom stereocenters. The van der Waals surface area contributed by atoms with Gasteiger partial charge in [-0.25, -0.2) is 4.79 Å². The van der Waals surface area contributed by atoms with Gasteiger partial charge in [0.25, 0.3) is 0 Å². The lowest BCUT2D eigenvalue weighted by Crippen LogP contribution is -2.58. The summed E-state index contributed by atoms with van der Waals surface area (Å²) in [4.78, 5) is 59.9. The van der Waals surface area contributed by atoms with Crippen LogP contribution >= 0.6 is 12.6 Å². The number of thiol groups is 1. The summed E-state index contributed by atoms with van der Waals surface area (Å²) in [6, 6.07) is 3.34. The first-order valence-electron chi connectivity index (χ1n) is 9.96. The number of aliphatic hydroxyl groups excluding tert-OH is 1. The molecule has 4 atom stereocenters. The second-order valence-corrected chi connectivity index (χ2v) is 7.48. The maximum Gasteiger partial charge on any atom is 0.327 e. The molecule has 13 heteroatoms. The largest absolute Gasteiger partial charge is 0.481 e. The molecular formula is C20H28N4O8S. The van der Waals surface area contributed by atoms with E-state index >= 15 is 0 Å². The Morgan fingerprint density at radius 2 is 1.42 bits per heavy atom. The number of aliphatic carboxylic acids is 2. The standard InChI is InChI=1S/C20H28N4O8S/c21-12(9-25)17(28)22-13(6-7-16(26)27)18(29)23-14(8-11-4-2-1-3-5-11)19(30)24-15(10-33)20(31)32/h1-5,12-15,25,33H,6-10,21H2,(H,22,28)(H,23,29)(H,24,30)(H,26,27)(H,31,32). The zero-order valence-corrected chi connectivity index (χ0v) is 18.5. The highest BCUT2D eigenvalue weighted by Gasteiger charge is 2.30. The number of amides is 3. The summed E-state index contributed by atoms with van der Waals surface area (Å²) in [7, 11) is 0. The molecule has 0 heterocycles. The molecule has 0 aliphatic heterocycles. The molecular weight excluding hydrogens is 456 g/mol. The Hall–Kier alpha value is -3.16. The van der Waals surface area contributed by atoms with Gasteiger partial charge in [0.05, 0.1) is 6.61 Å². The van der Waals surface area contributed by atoms with Crippen molar-refractivity contribution in [1.82, 2.24) is 16.0 Å². The molecule has 182 valence electrons. The second-order valence-electron chi connectivity index (χ2n) is 7.12. The fraction of sp³-hybridized carbons (Fsp3) is 0.450. The van der Waals surface area contributed by atoms with E-state index in [2.05, 4.69) is 28.6 Å². The van der Waals surface area contributed by atoms with Crippen molar-refractivity contribution in [3.63, 3.8) is 0 Å². The van der Waals surface area contributed by atoms with E-state index in [-0.39, 0.29) is 18.6 Å². The molecule has 1 aromatic rings. The third-order valence-electron chi connectivity index (χ3n) is 4.53. The SMILES string of the molecule is NC(CO)C(=O)NC(CCC(=O)O)C(=O)NC(Cc1ccccc1)C(=O)NC(CS)C(=O)O. The van der Waals surface area contributed by atoms with Crippen LogP contribution in [-0.2, 0) is 30.4 Å². The van der Waals surface area contributed by atoms with Crippen LogP contribution in [0.15, 0.2) is 30.3 Å². The summed E-state index contributed by atoms with van der Waals surface area (Å²) in [6.45, 7) is -0.696. The van der Waals surface area contributed by atoms with E-state index in [4.69, 9.17) is 15.9 Å². The highest BCUT2D eigenvalue weighted by Crippen LogP contribution is 2.06. The van der Waals surface area contributed by atoms with Crippen LogP contribution in [-0.4, -0.2) is 81.5 Å². The summed E-state index contributed by atoms with van der Waals surface area (Å²) in [5, 5.41) is 34.1. The Balaban J connectivity index is 3.08. The fourth-order valence-electron chi connectivity index (χ4n) is 2.69. The van der Waals surface area contributed by atoms with E-state index in [9.17, 15) is 29.1 Å². The minimum Gasteiger partial charge on any atom is -0.481 e. The average Bonchev–Trinajstić information content (AvgIpc) is 2.78. The van der Waals surface area contributed by atoms with Crippen LogP contribution < -0.4 is 21.7 Å². The number of nitrogens with two attached hydrogens (primary N) is 1. The number of hydrogen-bond acceptors (Lipinski definition) is 8. The molecule has 0 spiro atoms. The summed E-state index contributed by atoms with van der Waals surface area (Å²) in [6.07, 6.45) is -0.783. The third-order valence-corrected chi connectivity index (χ3v) is 4.89. The molecule has 0 radical (unpaired) electrons. The van der Waals surface area contributed by atoms with E-state index in [0.717, 1.165) is 0 Å². The first kappa shape index (κ1) is 27.9. The van der Waals surface area contributed by atoms with Gasteiger partial charge in [0.15, 0.2) is 0 Å². The molecule has 3 amide bonds. The minimum atomic E-state index is -1.36. The number of rotatable bonds is 14. The van der Waals surface area contributed by atoms with Gasteiger partial charge >= 0.3 is 11.9 Å². The van der Waals surface area contributed by atoms with Crippen LogP contribution in [0.1, 0.15) is 18.4 Å². The molecule has 0 aliphatic rings. The Labute approximate surface area is 195 Å². The summed E-state index contributed by atoms with van der Waals surface area (Å²) < 4.78 is 0. The fourth-order valence-corrected chi connectivity index (χ4v) is 2.93. The number of hydrogen-bond donors (Lipinski definition) is 8. The minimum absolute atomic E-state index is 0.00687. The Bertz CT molecular complexity index is 839. The number of benzene rings is 1. The molecule has 0 aromatic heterocycles. The van der Waals surface area contributed by atoms with Gasteiger partial charge in [-0.15, -0.1) is 0 Å². The summed E-state index contributed by atoms with van der Waals surface area (Å²) in [5.74, 6) is -5.28. The van der Waals surface area contributed by atoms with Crippen LogP contribution in [0.25, 0.3) is 0 Å². The lowest BCUT2D eigenvalue weighted by atomic mass is 10.0. The van der Waals surface area contributed by atoms with Crippen molar-refractivity contribution in [2.24, 2.45) is 5.73 Å². The van der Waals surface area contributed by atoms with Gasteiger partial charge in [0, 0.05) is 18.6 Å². The first-order valence-corrected chi connectivity index (χ1v) is 10.6. The summed E-state index contributed by atoms with van der Waals surface area (Å²) in [5.41, 5.74) is 6.09. The number of carbonyl (C=O) groups excluding carboxylic acids is 3. The highest BCUT2D eigenvalue weighted by atomic mass is 32.1. The number of nitrogens with one attached hydrogen (secondary N) is 3. The van der Waals surface area contributed by atoms with E-state index in [1.165, 1.54) is 0 Å². The second kappa shape index (κ2) is 14.1. The molecule has 12 nitrogen and oxygen atoms in total. The molecule has 8 N–H and O–H groups in total. The lowest BCUT2D eigenvalue weighted by molar-refractivity contribution is -0.141. The van der Waals surface area contributed by atoms with Crippen LogP contribution in [0.4, 0.5) is 0 Å². The van der Waals surface area contributed by atoms with Crippen molar-refractivity contribution >= 4 is 42.3 Å². The Kier molecular flexibility index (Phi) is 11.9. The topological polar surface area (TPSA) is 208 Å². The van der Waals surface area contributed by atoms with Crippen LogP contribution in [0.3, 0.4) is 0 Å². The van der Waals surface area contributed by atoms with Crippen LogP contribution in [0.2, 0.25) is 0 Å². The van der Waals surface area contributed by atoms with Gasteiger partial charge < -0.3 is 37.0 Å². The van der Waals surface area contributed by atoms with Crippen molar-refractivity contribution in [3.05, 3.63) is 35.9 Å². The lowest BCUT2D eigenvalue weighted by Gasteiger charge is -2.24. The van der Waals surface area contributed by atoms with Crippen molar-refractivity contribution in [1.29, 1.82) is 0 Å². The van der Waals surface area contributed by atoms with E-state index in [1.807, 2.05) is 0 Å². The van der Waals surface area contributed by atoms with Crippen LogP contribution in [0.5, 0.6) is 0 Å². The zero-order chi connectivity index (χ0) is 25.0. The monoisotopic (exact) mass is 484 g/mol.